The molecule has 114 valence electrons. The van der Waals surface area contributed by atoms with E-state index in [0.717, 1.165) is 33.8 Å². The van der Waals surface area contributed by atoms with Crippen molar-refractivity contribution in [2.24, 2.45) is 0 Å². The number of aryl methyl sites for hydroxylation is 2. The van der Waals surface area contributed by atoms with Gasteiger partial charge in [0, 0.05) is 10.2 Å². The standard InChI is InChI=1S/C15H18BrNO4/c1-5-10-7-11(16)6-9(2)14(10)17-12(15(19)21-4)8-13(18)20-3/h6-8,17H,5H2,1-4H3/b12-8+. The van der Waals surface area contributed by atoms with Crippen molar-refractivity contribution in [2.75, 3.05) is 19.5 Å². The van der Waals surface area contributed by atoms with Gasteiger partial charge in [0.2, 0.25) is 0 Å². The van der Waals surface area contributed by atoms with Crippen molar-refractivity contribution >= 4 is 33.6 Å². The third kappa shape index (κ3) is 4.60. The molecule has 0 saturated carbocycles. The minimum atomic E-state index is -0.634. The summed E-state index contributed by atoms with van der Waals surface area (Å²) in [6.45, 7) is 3.92. The van der Waals surface area contributed by atoms with E-state index in [1.54, 1.807) is 0 Å². The highest BCUT2D eigenvalue weighted by Crippen LogP contribution is 2.27. The lowest BCUT2D eigenvalue weighted by atomic mass is 10.1. The fourth-order valence-corrected chi connectivity index (χ4v) is 2.46. The van der Waals surface area contributed by atoms with Crippen molar-refractivity contribution in [1.29, 1.82) is 0 Å². The maximum atomic E-state index is 11.8. The minimum Gasteiger partial charge on any atom is -0.466 e. The number of rotatable bonds is 5. The molecule has 0 aliphatic carbocycles. The molecule has 0 aromatic heterocycles. The van der Waals surface area contributed by atoms with E-state index in [1.165, 1.54) is 14.2 Å². The number of benzene rings is 1. The fourth-order valence-electron chi connectivity index (χ4n) is 1.84. The van der Waals surface area contributed by atoms with Crippen LogP contribution in [-0.2, 0) is 25.5 Å². The number of halogens is 1. The lowest BCUT2D eigenvalue weighted by molar-refractivity contribution is -0.138. The second-order valence-electron chi connectivity index (χ2n) is 4.31. The topological polar surface area (TPSA) is 64.6 Å². The Hall–Kier alpha value is -1.82. The van der Waals surface area contributed by atoms with Crippen LogP contribution in [0, 0.1) is 6.92 Å². The van der Waals surface area contributed by atoms with Gasteiger partial charge in [-0.3, -0.25) is 0 Å². The molecule has 0 atom stereocenters. The zero-order chi connectivity index (χ0) is 16.0. The molecule has 1 N–H and O–H groups in total. The highest BCUT2D eigenvalue weighted by atomic mass is 79.9. The maximum absolute atomic E-state index is 11.8. The smallest absolute Gasteiger partial charge is 0.354 e. The van der Waals surface area contributed by atoms with E-state index >= 15 is 0 Å². The van der Waals surface area contributed by atoms with Gasteiger partial charge in [-0.2, -0.15) is 0 Å². The van der Waals surface area contributed by atoms with Gasteiger partial charge in [-0.05, 0) is 36.6 Å². The van der Waals surface area contributed by atoms with E-state index in [2.05, 4.69) is 30.7 Å². The Morgan fingerprint density at radius 3 is 2.48 bits per heavy atom. The lowest BCUT2D eigenvalue weighted by Crippen LogP contribution is -2.17. The third-order valence-electron chi connectivity index (χ3n) is 2.89. The van der Waals surface area contributed by atoms with Crippen LogP contribution in [0.3, 0.4) is 0 Å². The molecule has 21 heavy (non-hydrogen) atoms. The van der Waals surface area contributed by atoms with Crippen LogP contribution in [0.25, 0.3) is 0 Å². The summed E-state index contributed by atoms with van der Waals surface area (Å²) in [5.74, 6) is -1.26. The van der Waals surface area contributed by atoms with Gasteiger partial charge >= 0.3 is 11.9 Å². The Morgan fingerprint density at radius 2 is 1.95 bits per heavy atom. The van der Waals surface area contributed by atoms with E-state index in [-0.39, 0.29) is 5.70 Å². The molecule has 0 fully saturated rings. The number of esters is 2. The Labute approximate surface area is 132 Å². The van der Waals surface area contributed by atoms with E-state index < -0.39 is 11.9 Å². The number of nitrogens with one attached hydrogen (secondary N) is 1. The number of carbonyl (C=O) groups is 2. The van der Waals surface area contributed by atoms with Crippen molar-refractivity contribution in [3.63, 3.8) is 0 Å². The van der Waals surface area contributed by atoms with Gasteiger partial charge in [0.25, 0.3) is 0 Å². The van der Waals surface area contributed by atoms with Gasteiger partial charge in [-0.25, -0.2) is 9.59 Å². The number of ether oxygens (including phenoxy) is 2. The molecule has 0 aliphatic rings. The SMILES string of the molecule is CCc1cc(Br)cc(C)c1N/C(=C/C(=O)OC)C(=O)OC. The van der Waals surface area contributed by atoms with Crippen LogP contribution >= 0.6 is 15.9 Å². The normalized spacial score (nSPS) is 11.0. The van der Waals surface area contributed by atoms with Gasteiger partial charge in [0.15, 0.2) is 0 Å². The number of hydrogen-bond donors (Lipinski definition) is 1. The quantitative estimate of drug-likeness (QED) is 0.649. The molecule has 0 radical (unpaired) electrons. The van der Waals surface area contributed by atoms with E-state index in [9.17, 15) is 9.59 Å². The molecular weight excluding hydrogens is 338 g/mol. The zero-order valence-corrected chi connectivity index (χ0v) is 14.0. The first-order valence-corrected chi connectivity index (χ1v) is 7.16. The summed E-state index contributed by atoms with van der Waals surface area (Å²) >= 11 is 3.44. The molecule has 1 aromatic rings. The summed E-state index contributed by atoms with van der Waals surface area (Å²) in [7, 11) is 2.50. The fraction of sp³-hybridized carbons (Fsp3) is 0.333. The second kappa shape index (κ2) is 7.83. The zero-order valence-electron chi connectivity index (χ0n) is 12.5. The predicted octanol–water partition coefficient (Wildman–Crippen LogP) is 2.96. The van der Waals surface area contributed by atoms with Gasteiger partial charge < -0.3 is 14.8 Å². The molecule has 0 unspecified atom stereocenters. The summed E-state index contributed by atoms with van der Waals surface area (Å²) in [6, 6.07) is 3.89. The summed E-state index contributed by atoms with van der Waals surface area (Å²) in [6.07, 6.45) is 1.85. The average molecular weight is 356 g/mol. The Morgan fingerprint density at radius 1 is 1.29 bits per heavy atom. The van der Waals surface area contributed by atoms with Crippen molar-refractivity contribution in [2.45, 2.75) is 20.3 Å². The van der Waals surface area contributed by atoms with E-state index in [0.29, 0.717) is 0 Å². The van der Waals surface area contributed by atoms with Crippen molar-refractivity contribution in [3.8, 4) is 0 Å². The minimum absolute atomic E-state index is 0.0319. The first-order valence-electron chi connectivity index (χ1n) is 6.36. The van der Waals surface area contributed by atoms with Gasteiger partial charge in [-0.1, -0.05) is 22.9 Å². The van der Waals surface area contributed by atoms with Crippen molar-refractivity contribution < 1.29 is 19.1 Å². The van der Waals surface area contributed by atoms with E-state index in [4.69, 9.17) is 0 Å². The Kier molecular flexibility index (Phi) is 6.42. The summed E-state index contributed by atoms with van der Waals surface area (Å²) in [5, 5.41) is 2.97. The molecule has 0 saturated heterocycles. The number of anilines is 1. The van der Waals surface area contributed by atoms with Crippen LogP contribution in [0.1, 0.15) is 18.1 Å². The predicted molar refractivity (Wildman–Crippen MR) is 84.0 cm³/mol. The second-order valence-corrected chi connectivity index (χ2v) is 5.22. The van der Waals surface area contributed by atoms with Crippen molar-refractivity contribution in [1.82, 2.24) is 0 Å². The summed E-state index contributed by atoms with van der Waals surface area (Å²) in [5.41, 5.74) is 2.77. The van der Waals surface area contributed by atoms with E-state index in [1.807, 2.05) is 26.0 Å². The molecule has 5 nitrogen and oxygen atoms in total. The van der Waals surface area contributed by atoms with Crippen LogP contribution < -0.4 is 5.32 Å². The first-order chi connectivity index (χ1) is 9.92. The largest absolute Gasteiger partial charge is 0.466 e. The monoisotopic (exact) mass is 355 g/mol. The number of methoxy groups -OCH3 is 2. The van der Waals surface area contributed by atoms with Crippen LogP contribution in [0.4, 0.5) is 5.69 Å². The molecule has 0 amide bonds. The molecular formula is C15H18BrNO4. The van der Waals surface area contributed by atoms with Crippen LogP contribution in [0.5, 0.6) is 0 Å². The molecule has 0 spiro atoms. The van der Waals surface area contributed by atoms with Crippen LogP contribution in [0.2, 0.25) is 0 Å². The van der Waals surface area contributed by atoms with Gasteiger partial charge in [-0.15, -0.1) is 0 Å². The lowest BCUT2D eigenvalue weighted by Gasteiger charge is -2.16. The summed E-state index contributed by atoms with van der Waals surface area (Å²) < 4.78 is 10.2. The molecule has 6 heteroatoms. The molecule has 0 aliphatic heterocycles. The molecule has 0 heterocycles. The summed E-state index contributed by atoms with van der Waals surface area (Å²) in [4.78, 5) is 23.1. The number of carbonyl (C=O) groups excluding carboxylic acids is 2. The molecule has 1 aromatic carbocycles. The first kappa shape index (κ1) is 17.2. The third-order valence-corrected chi connectivity index (χ3v) is 3.35. The maximum Gasteiger partial charge on any atom is 0.354 e. The molecule has 0 bridgehead atoms. The van der Waals surface area contributed by atoms with Crippen molar-refractivity contribution in [3.05, 3.63) is 39.5 Å². The van der Waals surface area contributed by atoms with Crippen LogP contribution in [0.15, 0.2) is 28.4 Å². The average Bonchev–Trinajstić information content (AvgIpc) is 2.47. The number of hydrogen-bond acceptors (Lipinski definition) is 5. The Bertz CT molecular complexity index is 581. The highest BCUT2D eigenvalue weighted by Gasteiger charge is 2.16. The Balaban J connectivity index is 3.24. The molecule has 1 rings (SSSR count). The highest BCUT2D eigenvalue weighted by molar-refractivity contribution is 9.10. The van der Waals surface area contributed by atoms with Crippen LogP contribution in [-0.4, -0.2) is 26.2 Å². The van der Waals surface area contributed by atoms with Gasteiger partial charge in [0.1, 0.15) is 5.70 Å². The van der Waals surface area contributed by atoms with Gasteiger partial charge in [0.05, 0.1) is 20.3 Å².